The Labute approximate surface area is 83.4 Å². The molecule has 0 saturated carbocycles. The maximum absolute atomic E-state index is 11.7. The van der Waals surface area contributed by atoms with Crippen LogP contribution in [0.1, 0.15) is 36.6 Å². The predicted octanol–water partition coefficient (Wildman–Crippen LogP) is 1.49. The van der Waals surface area contributed by atoms with E-state index in [1.165, 1.54) is 0 Å². The van der Waals surface area contributed by atoms with Crippen LogP contribution in [0.4, 0.5) is 0 Å². The average Bonchev–Trinajstić information content (AvgIpc) is 2.17. The van der Waals surface area contributed by atoms with Gasteiger partial charge in [-0.2, -0.15) is 0 Å². The van der Waals surface area contributed by atoms with E-state index in [0.717, 1.165) is 9.16 Å². The first-order valence-corrected chi connectivity index (χ1v) is 4.88. The lowest BCUT2D eigenvalue weighted by Crippen LogP contribution is -2.31. The third kappa shape index (κ3) is 1.41. The summed E-state index contributed by atoms with van der Waals surface area (Å²) in [5, 5.41) is 11.7. The van der Waals surface area contributed by atoms with Crippen LogP contribution in [-0.2, 0) is 12.8 Å². The van der Waals surface area contributed by atoms with E-state index < -0.39 is 0 Å². The fraction of sp³-hybridized carbons (Fsp3) is 0.600. The normalized spacial score (nSPS) is 10.6. The molecule has 0 radical (unpaired) electrons. The molecule has 0 amide bonds. The van der Waals surface area contributed by atoms with E-state index in [9.17, 15) is 10.1 Å². The summed E-state index contributed by atoms with van der Waals surface area (Å²) in [4.78, 5) is 11.7. The van der Waals surface area contributed by atoms with Crippen molar-refractivity contribution in [2.75, 3.05) is 0 Å². The monoisotopic (exact) mass is 196 g/mol. The lowest BCUT2D eigenvalue weighted by atomic mass is 10.2. The van der Waals surface area contributed by atoms with Gasteiger partial charge in [-0.1, -0.05) is 13.8 Å². The first kappa shape index (κ1) is 10.8. The Kier molecular flexibility index (Phi) is 2.93. The van der Waals surface area contributed by atoms with Crippen LogP contribution in [0.2, 0.25) is 0 Å². The molecule has 0 spiro atoms. The molecule has 0 aromatic carbocycles. The van der Waals surface area contributed by atoms with Crippen LogP contribution in [0.5, 0.6) is 0 Å². The van der Waals surface area contributed by atoms with Crippen molar-refractivity contribution in [3.8, 4) is 0 Å². The number of hydrogen-bond donors (Lipinski definition) is 0. The summed E-state index contributed by atoms with van der Waals surface area (Å²) in [6.45, 7) is 7.14. The zero-order chi connectivity index (χ0) is 10.9. The molecule has 78 valence electrons. The fourth-order valence-electron chi connectivity index (χ4n) is 1.73. The summed E-state index contributed by atoms with van der Waals surface area (Å²) in [5.41, 5.74) is 2.17. The van der Waals surface area contributed by atoms with Crippen LogP contribution in [0.25, 0.3) is 0 Å². The molecule has 4 heteroatoms. The minimum absolute atomic E-state index is 0.518. The zero-order valence-electron chi connectivity index (χ0n) is 9.13. The molecule has 1 aromatic rings. The van der Waals surface area contributed by atoms with Gasteiger partial charge >= 0.3 is 0 Å². The molecule has 0 aliphatic heterocycles. The van der Waals surface area contributed by atoms with E-state index in [1.54, 1.807) is 13.8 Å². The molecule has 4 nitrogen and oxygen atoms in total. The second-order valence-corrected chi connectivity index (χ2v) is 3.36. The van der Waals surface area contributed by atoms with Crippen LogP contribution in [0, 0.1) is 24.0 Å². The summed E-state index contributed by atoms with van der Waals surface area (Å²) in [6.07, 6.45) is 1.17. The molecule has 0 fully saturated rings. The van der Waals surface area contributed by atoms with E-state index in [-0.39, 0.29) is 0 Å². The molecule has 1 aromatic heterocycles. The van der Waals surface area contributed by atoms with Crippen LogP contribution in [0.3, 0.4) is 0 Å². The Bertz CT molecular complexity index is 408. The summed E-state index contributed by atoms with van der Waals surface area (Å²) in [5.74, 6) is 0. The zero-order valence-corrected chi connectivity index (χ0v) is 9.13. The van der Waals surface area contributed by atoms with E-state index in [0.29, 0.717) is 35.6 Å². The maximum Gasteiger partial charge on any atom is 0.258 e. The highest BCUT2D eigenvalue weighted by Crippen LogP contribution is 2.10. The van der Waals surface area contributed by atoms with Gasteiger partial charge < -0.3 is 9.94 Å². The minimum atomic E-state index is 0.518. The Balaban J connectivity index is 3.64. The van der Waals surface area contributed by atoms with Crippen LogP contribution in [0.15, 0.2) is 0 Å². The SMILES string of the molecule is CCc1c(C)[n+](=O)c(CC)c(C)n1[O-]. The van der Waals surface area contributed by atoms with E-state index >= 15 is 0 Å². The molecule has 0 saturated heterocycles. The predicted molar refractivity (Wildman–Crippen MR) is 54.8 cm³/mol. The number of rotatable bonds is 2. The van der Waals surface area contributed by atoms with Crippen molar-refractivity contribution in [2.24, 2.45) is 0 Å². The lowest BCUT2D eigenvalue weighted by Gasteiger charge is -2.19. The largest absolute Gasteiger partial charge is 0.805 e. The molecular formula is C10H16N2O2. The third-order valence-corrected chi connectivity index (χ3v) is 2.60. The van der Waals surface area contributed by atoms with E-state index in [2.05, 4.69) is 0 Å². The van der Waals surface area contributed by atoms with Gasteiger partial charge in [-0.05, 0) is 13.3 Å². The van der Waals surface area contributed by atoms with E-state index in [1.807, 2.05) is 13.8 Å². The van der Waals surface area contributed by atoms with Gasteiger partial charge in [0.1, 0.15) is 0 Å². The second kappa shape index (κ2) is 3.82. The highest BCUT2D eigenvalue weighted by atomic mass is 16.5. The van der Waals surface area contributed by atoms with Crippen molar-refractivity contribution in [1.82, 2.24) is 4.73 Å². The van der Waals surface area contributed by atoms with Gasteiger partial charge in [0.05, 0.1) is 15.8 Å². The highest BCUT2D eigenvalue weighted by Gasteiger charge is 2.19. The Hall–Kier alpha value is -1.32. The number of hydrogen-bond acceptors (Lipinski definition) is 2. The van der Waals surface area contributed by atoms with Crippen LogP contribution >= 0.6 is 0 Å². The van der Waals surface area contributed by atoms with Crippen molar-refractivity contribution in [2.45, 2.75) is 40.5 Å². The molecule has 0 N–H and O–H groups in total. The summed E-state index contributed by atoms with van der Waals surface area (Å²) in [6, 6.07) is 0. The second-order valence-electron chi connectivity index (χ2n) is 3.36. The van der Waals surface area contributed by atoms with Gasteiger partial charge in [-0.15, -0.1) is 0 Å². The molecule has 0 unspecified atom stereocenters. The third-order valence-electron chi connectivity index (χ3n) is 2.60. The topological polar surface area (TPSA) is 51.0 Å². The quantitative estimate of drug-likeness (QED) is 0.673. The summed E-state index contributed by atoms with van der Waals surface area (Å²) >= 11 is 0. The van der Waals surface area contributed by atoms with Crippen LogP contribution in [-0.4, -0.2) is 4.73 Å². The van der Waals surface area contributed by atoms with Gasteiger partial charge in [0.25, 0.3) is 11.4 Å². The van der Waals surface area contributed by atoms with Gasteiger partial charge in [-0.3, -0.25) is 0 Å². The first-order chi connectivity index (χ1) is 6.54. The molecule has 0 aliphatic carbocycles. The van der Waals surface area contributed by atoms with Gasteiger partial charge in [0.2, 0.25) is 0 Å². The van der Waals surface area contributed by atoms with Gasteiger partial charge in [-0.25, -0.2) is 0 Å². The van der Waals surface area contributed by atoms with Crippen molar-refractivity contribution in [3.63, 3.8) is 0 Å². The molecule has 0 bridgehead atoms. The van der Waals surface area contributed by atoms with Crippen molar-refractivity contribution in [3.05, 3.63) is 32.9 Å². The van der Waals surface area contributed by atoms with Crippen molar-refractivity contribution in [1.29, 1.82) is 0 Å². The van der Waals surface area contributed by atoms with Crippen LogP contribution < -0.4 is 4.43 Å². The van der Waals surface area contributed by atoms with Gasteiger partial charge in [0.15, 0.2) is 0 Å². The van der Waals surface area contributed by atoms with Crippen molar-refractivity contribution < 1.29 is 4.43 Å². The Morgan fingerprint density at radius 3 is 2.29 bits per heavy atom. The molecule has 0 aliphatic rings. The summed E-state index contributed by atoms with van der Waals surface area (Å²) < 4.78 is 1.76. The minimum Gasteiger partial charge on any atom is -0.805 e. The molecular weight excluding hydrogens is 180 g/mol. The molecule has 14 heavy (non-hydrogen) atoms. The lowest BCUT2D eigenvalue weighted by molar-refractivity contribution is -0.514. The molecule has 1 heterocycles. The molecule has 1 rings (SSSR count). The smallest absolute Gasteiger partial charge is 0.258 e. The maximum atomic E-state index is 11.7. The number of nitrogens with zero attached hydrogens (tertiary/aromatic N) is 2. The molecule has 0 atom stereocenters. The Morgan fingerprint density at radius 2 is 1.86 bits per heavy atom. The van der Waals surface area contributed by atoms with Crippen molar-refractivity contribution >= 4 is 0 Å². The fourth-order valence-corrected chi connectivity index (χ4v) is 1.73. The highest BCUT2D eigenvalue weighted by molar-refractivity contribution is 5.16. The first-order valence-electron chi connectivity index (χ1n) is 4.88. The average molecular weight is 196 g/mol. The summed E-state index contributed by atoms with van der Waals surface area (Å²) in [7, 11) is 0. The van der Waals surface area contributed by atoms with E-state index in [4.69, 9.17) is 0 Å². The van der Waals surface area contributed by atoms with Gasteiger partial charge in [0, 0.05) is 18.3 Å². The number of aromatic nitrogens is 2. The Morgan fingerprint density at radius 1 is 1.29 bits per heavy atom. The standard InChI is InChI=1S/C10H16N2O2/c1-5-9-7(3)12(14)10(6-2)8(4)11(9)13/h5-6H2,1-4H3.